The van der Waals surface area contributed by atoms with Crippen LogP contribution in [0, 0.1) is 0 Å². The van der Waals surface area contributed by atoms with Crippen LogP contribution in [0.1, 0.15) is 16.1 Å². The summed E-state index contributed by atoms with van der Waals surface area (Å²) in [7, 11) is 3.56. The van der Waals surface area contributed by atoms with Crippen LogP contribution in [0.2, 0.25) is 0 Å². The number of hydrogen-bond acceptors (Lipinski definition) is 5. The Morgan fingerprint density at radius 1 is 1.09 bits per heavy atom. The molecule has 1 aliphatic rings. The zero-order chi connectivity index (χ0) is 22.1. The number of amides is 1. The van der Waals surface area contributed by atoms with Gasteiger partial charge in [0.05, 0.1) is 18.5 Å². The molecule has 4 aromatic rings. The molecule has 1 amide bonds. The van der Waals surface area contributed by atoms with Crippen LogP contribution < -0.4 is 19.5 Å². The number of carbonyl (C=O) groups is 1. The summed E-state index contributed by atoms with van der Waals surface area (Å²) in [6.45, 7) is 0.566. The minimum Gasteiger partial charge on any atom is -0.497 e. The molecule has 0 saturated heterocycles. The van der Waals surface area contributed by atoms with Crippen LogP contribution >= 0.6 is 0 Å². The van der Waals surface area contributed by atoms with Crippen LogP contribution in [0.3, 0.4) is 0 Å². The first kappa shape index (κ1) is 19.7. The van der Waals surface area contributed by atoms with Gasteiger partial charge in [-0.05, 0) is 60.2 Å². The maximum atomic E-state index is 13.2. The van der Waals surface area contributed by atoms with E-state index in [1.807, 2.05) is 72.4 Å². The van der Waals surface area contributed by atoms with E-state index in [9.17, 15) is 4.79 Å². The molecule has 8 heteroatoms. The summed E-state index contributed by atoms with van der Waals surface area (Å²) >= 11 is 0. The number of carbonyl (C=O) groups excluding carboxylic acids is 1. The van der Waals surface area contributed by atoms with E-state index in [-0.39, 0.29) is 12.7 Å². The van der Waals surface area contributed by atoms with Crippen molar-refractivity contribution < 1.29 is 19.0 Å². The third kappa shape index (κ3) is 3.66. The molecule has 3 heterocycles. The van der Waals surface area contributed by atoms with Crippen LogP contribution in [0.25, 0.3) is 17.1 Å². The Bertz CT molecular complexity index is 1270. The van der Waals surface area contributed by atoms with E-state index in [2.05, 4.69) is 5.32 Å². The predicted molar refractivity (Wildman–Crippen MR) is 118 cm³/mol. The van der Waals surface area contributed by atoms with Gasteiger partial charge in [0.2, 0.25) is 6.79 Å². The summed E-state index contributed by atoms with van der Waals surface area (Å²) in [4.78, 5) is 13.2. The van der Waals surface area contributed by atoms with Gasteiger partial charge in [0, 0.05) is 19.8 Å². The highest BCUT2D eigenvalue weighted by Crippen LogP contribution is 2.32. The van der Waals surface area contributed by atoms with E-state index < -0.39 is 0 Å². The maximum absolute atomic E-state index is 13.2. The largest absolute Gasteiger partial charge is 0.497 e. The summed E-state index contributed by atoms with van der Waals surface area (Å²) in [6, 6.07) is 18.8. The van der Waals surface area contributed by atoms with Crippen molar-refractivity contribution in [2.45, 2.75) is 6.54 Å². The number of rotatable bonds is 6. The van der Waals surface area contributed by atoms with Gasteiger partial charge < -0.3 is 24.1 Å². The van der Waals surface area contributed by atoms with Gasteiger partial charge >= 0.3 is 0 Å². The first-order chi connectivity index (χ1) is 15.6. The highest BCUT2D eigenvalue weighted by atomic mass is 16.7. The molecular weight excluding hydrogens is 408 g/mol. The van der Waals surface area contributed by atoms with Gasteiger partial charge in [-0.15, -0.1) is 0 Å². The van der Waals surface area contributed by atoms with Crippen LogP contribution in [0.4, 0.5) is 0 Å². The van der Waals surface area contributed by atoms with E-state index in [1.54, 1.807) is 17.9 Å². The number of ether oxygens (including phenoxy) is 3. The van der Waals surface area contributed by atoms with Crippen molar-refractivity contribution in [1.82, 2.24) is 19.7 Å². The monoisotopic (exact) mass is 430 g/mol. The number of methoxy groups -OCH3 is 1. The fraction of sp³-hybridized carbons (Fsp3) is 0.167. The van der Waals surface area contributed by atoms with E-state index in [4.69, 9.17) is 19.3 Å². The summed E-state index contributed by atoms with van der Waals surface area (Å²) < 4.78 is 19.6. The molecule has 0 atom stereocenters. The molecular formula is C24H22N4O4. The van der Waals surface area contributed by atoms with Gasteiger partial charge in [0.25, 0.3) is 5.91 Å². The Morgan fingerprint density at radius 3 is 2.66 bits per heavy atom. The highest BCUT2D eigenvalue weighted by molar-refractivity contribution is 5.94. The van der Waals surface area contributed by atoms with Crippen molar-refractivity contribution >= 4 is 5.91 Å². The first-order valence-corrected chi connectivity index (χ1v) is 10.2. The number of aromatic nitrogens is 3. The normalized spacial score (nSPS) is 12.1. The Hall–Kier alpha value is -4.20. The Morgan fingerprint density at radius 2 is 1.91 bits per heavy atom. The summed E-state index contributed by atoms with van der Waals surface area (Å²) in [5.74, 6) is 1.90. The molecule has 2 aromatic carbocycles. The molecule has 0 saturated carbocycles. The van der Waals surface area contributed by atoms with Gasteiger partial charge in [0.15, 0.2) is 11.5 Å². The lowest BCUT2D eigenvalue weighted by atomic mass is 10.2. The van der Waals surface area contributed by atoms with Crippen molar-refractivity contribution in [3.05, 3.63) is 78.1 Å². The molecule has 5 rings (SSSR count). The zero-order valence-corrected chi connectivity index (χ0v) is 17.7. The van der Waals surface area contributed by atoms with Gasteiger partial charge in [-0.2, -0.15) is 5.10 Å². The topological polar surface area (TPSA) is 79.5 Å². The number of benzene rings is 2. The predicted octanol–water partition coefficient (Wildman–Crippen LogP) is 3.55. The fourth-order valence-electron chi connectivity index (χ4n) is 3.64. The molecule has 1 aliphatic heterocycles. The third-order valence-corrected chi connectivity index (χ3v) is 5.36. The van der Waals surface area contributed by atoms with Crippen LogP contribution in [0.15, 0.2) is 66.9 Å². The fourth-order valence-corrected chi connectivity index (χ4v) is 3.64. The van der Waals surface area contributed by atoms with E-state index in [1.165, 1.54) is 0 Å². The summed E-state index contributed by atoms with van der Waals surface area (Å²) in [6.07, 6.45) is 1.95. The molecule has 8 nitrogen and oxygen atoms in total. The lowest BCUT2D eigenvalue weighted by Gasteiger charge is -2.09. The molecule has 0 unspecified atom stereocenters. The van der Waals surface area contributed by atoms with E-state index in [0.29, 0.717) is 29.4 Å². The average Bonchev–Trinajstić information content (AvgIpc) is 3.56. The number of nitrogens with zero attached hydrogens (tertiary/aromatic N) is 3. The minimum absolute atomic E-state index is 0.216. The summed E-state index contributed by atoms with van der Waals surface area (Å²) in [5, 5.41) is 7.70. The Balaban J connectivity index is 1.44. The highest BCUT2D eigenvalue weighted by Gasteiger charge is 2.19. The number of hydrogen-bond donors (Lipinski definition) is 1. The third-order valence-electron chi connectivity index (χ3n) is 5.36. The second kappa shape index (κ2) is 8.14. The van der Waals surface area contributed by atoms with Gasteiger partial charge in [-0.1, -0.05) is 6.07 Å². The van der Waals surface area contributed by atoms with Gasteiger partial charge in [-0.3, -0.25) is 4.79 Å². The zero-order valence-electron chi connectivity index (χ0n) is 17.7. The first-order valence-electron chi connectivity index (χ1n) is 10.2. The van der Waals surface area contributed by atoms with Crippen LogP contribution in [-0.2, 0) is 13.6 Å². The molecule has 0 bridgehead atoms. The van der Waals surface area contributed by atoms with Gasteiger partial charge in [0.1, 0.15) is 17.1 Å². The van der Waals surface area contributed by atoms with Gasteiger partial charge in [-0.25, -0.2) is 4.68 Å². The quantitative estimate of drug-likeness (QED) is 0.506. The molecule has 0 fully saturated rings. The second-order valence-electron chi connectivity index (χ2n) is 7.40. The second-order valence-corrected chi connectivity index (χ2v) is 7.40. The molecule has 0 radical (unpaired) electrons. The lowest BCUT2D eigenvalue weighted by molar-refractivity contribution is 0.0943. The smallest absolute Gasteiger partial charge is 0.270 e. The number of aryl methyl sites for hydroxylation is 1. The molecule has 0 spiro atoms. The van der Waals surface area contributed by atoms with Crippen molar-refractivity contribution in [1.29, 1.82) is 0 Å². The SMILES string of the molecule is COc1ccc(-n2nc(-c3cccn3C)cc2C(=O)NCc2ccc3c(c2)OCO3)cc1. The maximum Gasteiger partial charge on any atom is 0.270 e. The molecule has 162 valence electrons. The minimum atomic E-state index is -0.230. The Labute approximate surface area is 184 Å². The van der Waals surface area contributed by atoms with Crippen molar-refractivity contribution in [2.24, 2.45) is 7.05 Å². The van der Waals surface area contributed by atoms with Crippen molar-refractivity contribution in [3.8, 4) is 34.3 Å². The van der Waals surface area contributed by atoms with E-state index in [0.717, 1.165) is 22.7 Å². The molecule has 2 aromatic heterocycles. The Kier molecular flexibility index (Phi) is 5.03. The lowest BCUT2D eigenvalue weighted by Crippen LogP contribution is -2.25. The van der Waals surface area contributed by atoms with Crippen molar-refractivity contribution in [2.75, 3.05) is 13.9 Å². The van der Waals surface area contributed by atoms with E-state index >= 15 is 0 Å². The van der Waals surface area contributed by atoms with Crippen LogP contribution in [-0.4, -0.2) is 34.2 Å². The molecule has 32 heavy (non-hydrogen) atoms. The average molecular weight is 430 g/mol. The molecule has 1 N–H and O–H groups in total. The molecule has 0 aliphatic carbocycles. The van der Waals surface area contributed by atoms with Crippen molar-refractivity contribution in [3.63, 3.8) is 0 Å². The summed E-state index contributed by atoms with van der Waals surface area (Å²) in [5.41, 5.74) is 3.75. The number of fused-ring (bicyclic) bond motifs is 1. The standard InChI is InChI=1S/C24H22N4O4/c1-27-11-3-4-20(27)19-13-21(28(26-19)17-6-8-18(30-2)9-7-17)24(29)25-14-16-5-10-22-23(12-16)32-15-31-22/h3-13H,14-15H2,1-2H3,(H,25,29). The van der Waals surface area contributed by atoms with Crippen LogP contribution in [0.5, 0.6) is 17.2 Å². The number of nitrogens with one attached hydrogen (secondary N) is 1.